The lowest BCUT2D eigenvalue weighted by Gasteiger charge is -2.34. The Morgan fingerprint density at radius 1 is 1.40 bits per heavy atom. The third kappa shape index (κ3) is 2.48. The molecule has 0 aromatic carbocycles. The fourth-order valence-corrected chi connectivity index (χ4v) is 2.43. The van der Waals surface area contributed by atoms with Gasteiger partial charge in [-0.2, -0.15) is 0 Å². The van der Waals surface area contributed by atoms with Gasteiger partial charge in [0.05, 0.1) is 0 Å². The van der Waals surface area contributed by atoms with Crippen molar-refractivity contribution in [3.8, 4) is 0 Å². The molecule has 88 valence electrons. The Bertz CT molecular complexity index is 225. The van der Waals surface area contributed by atoms with E-state index in [-0.39, 0.29) is 5.92 Å². The summed E-state index contributed by atoms with van der Waals surface area (Å²) >= 11 is 0. The lowest BCUT2D eigenvalue weighted by Crippen LogP contribution is -2.60. The first-order valence-electron chi connectivity index (χ1n) is 5.66. The molecule has 3 N–H and O–H groups in total. The summed E-state index contributed by atoms with van der Waals surface area (Å²) < 4.78 is 13.4. The monoisotopic (exact) mass is 217 g/mol. The van der Waals surface area contributed by atoms with Gasteiger partial charge in [-0.05, 0) is 25.7 Å². The van der Waals surface area contributed by atoms with Crippen LogP contribution in [-0.4, -0.2) is 22.8 Å². The summed E-state index contributed by atoms with van der Waals surface area (Å²) in [7, 11) is 0. The molecule has 1 saturated carbocycles. The molecule has 1 aliphatic rings. The first-order chi connectivity index (χ1) is 6.99. The second-order valence-corrected chi connectivity index (χ2v) is 4.54. The highest BCUT2D eigenvalue weighted by molar-refractivity contribution is 5.79. The number of hydrogen-bond donors (Lipinski definition) is 2. The maximum atomic E-state index is 13.4. The van der Waals surface area contributed by atoms with Crippen LogP contribution in [0.5, 0.6) is 0 Å². The number of carboxylic acids is 1. The Hall–Kier alpha value is -0.640. The molecule has 0 radical (unpaired) electrons. The molecular formula is C11H20FNO2. The lowest BCUT2D eigenvalue weighted by molar-refractivity contribution is -0.149. The van der Waals surface area contributed by atoms with Crippen LogP contribution >= 0.6 is 0 Å². The number of alkyl halides is 1. The van der Waals surface area contributed by atoms with E-state index in [1.807, 2.05) is 0 Å². The summed E-state index contributed by atoms with van der Waals surface area (Å²) in [4.78, 5) is 11.1. The zero-order valence-electron chi connectivity index (χ0n) is 9.21. The van der Waals surface area contributed by atoms with E-state index in [0.29, 0.717) is 0 Å². The van der Waals surface area contributed by atoms with Gasteiger partial charge in [0.2, 0.25) is 0 Å². The van der Waals surface area contributed by atoms with E-state index >= 15 is 0 Å². The predicted molar refractivity (Wildman–Crippen MR) is 56.3 cm³/mol. The Morgan fingerprint density at radius 2 is 1.87 bits per heavy atom. The highest BCUT2D eigenvalue weighted by Crippen LogP contribution is 2.33. The van der Waals surface area contributed by atoms with Gasteiger partial charge in [-0.15, -0.1) is 0 Å². The Kier molecular flexibility index (Phi) is 4.08. The fraction of sp³-hybridized carbons (Fsp3) is 0.909. The van der Waals surface area contributed by atoms with Crippen LogP contribution in [0, 0.1) is 5.92 Å². The minimum atomic E-state index is -1.69. The van der Waals surface area contributed by atoms with Gasteiger partial charge in [-0.25, -0.2) is 4.39 Å². The van der Waals surface area contributed by atoms with E-state index in [9.17, 15) is 9.18 Å². The zero-order valence-corrected chi connectivity index (χ0v) is 9.21. The second kappa shape index (κ2) is 4.92. The molecule has 15 heavy (non-hydrogen) atoms. The van der Waals surface area contributed by atoms with Crippen molar-refractivity contribution in [1.29, 1.82) is 0 Å². The van der Waals surface area contributed by atoms with Crippen LogP contribution < -0.4 is 5.73 Å². The van der Waals surface area contributed by atoms with E-state index in [4.69, 9.17) is 10.8 Å². The van der Waals surface area contributed by atoms with Gasteiger partial charge in [0, 0.05) is 0 Å². The molecule has 1 fully saturated rings. The standard InChI is InChI=1S/C11H20FNO2/c1-8(12)11(13,10(14)15)9-6-4-2-3-5-7-9/h8-9H,2-7,13H2,1H3,(H,14,15). The Morgan fingerprint density at radius 3 is 2.20 bits per heavy atom. The minimum Gasteiger partial charge on any atom is -0.480 e. The van der Waals surface area contributed by atoms with Crippen molar-refractivity contribution >= 4 is 5.97 Å². The number of carbonyl (C=O) groups is 1. The predicted octanol–water partition coefficient (Wildman–Crippen LogP) is 2.10. The maximum Gasteiger partial charge on any atom is 0.327 e. The van der Waals surface area contributed by atoms with E-state index in [1.54, 1.807) is 0 Å². The number of nitrogens with two attached hydrogens (primary N) is 1. The van der Waals surface area contributed by atoms with Crippen LogP contribution in [0.25, 0.3) is 0 Å². The molecule has 0 saturated heterocycles. The van der Waals surface area contributed by atoms with Crippen molar-refractivity contribution in [3.05, 3.63) is 0 Å². The summed E-state index contributed by atoms with van der Waals surface area (Å²) in [5.41, 5.74) is 4.06. The van der Waals surface area contributed by atoms with Gasteiger partial charge >= 0.3 is 5.97 Å². The largest absolute Gasteiger partial charge is 0.480 e. The molecule has 0 spiro atoms. The third-order valence-corrected chi connectivity index (χ3v) is 3.56. The fourth-order valence-electron chi connectivity index (χ4n) is 2.43. The molecule has 0 bridgehead atoms. The maximum absolute atomic E-state index is 13.4. The second-order valence-electron chi connectivity index (χ2n) is 4.54. The number of hydrogen-bond acceptors (Lipinski definition) is 2. The summed E-state index contributed by atoms with van der Waals surface area (Å²) in [5, 5.41) is 9.08. The van der Waals surface area contributed by atoms with Crippen molar-refractivity contribution < 1.29 is 14.3 Å². The smallest absolute Gasteiger partial charge is 0.327 e. The van der Waals surface area contributed by atoms with Gasteiger partial charge in [0.25, 0.3) is 0 Å². The van der Waals surface area contributed by atoms with E-state index in [1.165, 1.54) is 6.92 Å². The van der Waals surface area contributed by atoms with Crippen molar-refractivity contribution in [2.45, 2.75) is 57.2 Å². The molecular weight excluding hydrogens is 197 g/mol. The van der Waals surface area contributed by atoms with Gasteiger partial charge in [-0.1, -0.05) is 25.7 Å². The first kappa shape index (κ1) is 12.4. The van der Waals surface area contributed by atoms with Crippen LogP contribution in [0.15, 0.2) is 0 Å². The van der Waals surface area contributed by atoms with Gasteiger partial charge in [0.1, 0.15) is 11.7 Å². The SMILES string of the molecule is CC(F)C(N)(C(=O)O)C1CCCCCC1. The molecule has 1 aliphatic carbocycles. The third-order valence-electron chi connectivity index (χ3n) is 3.56. The minimum absolute atomic E-state index is 0.225. The average molecular weight is 217 g/mol. The molecule has 0 amide bonds. The summed E-state index contributed by atoms with van der Waals surface area (Å²) in [6.07, 6.45) is 4.10. The first-order valence-corrected chi connectivity index (χ1v) is 5.66. The van der Waals surface area contributed by atoms with Crippen molar-refractivity contribution in [2.24, 2.45) is 11.7 Å². The summed E-state index contributed by atoms with van der Waals surface area (Å²) in [5.74, 6) is -1.43. The quantitative estimate of drug-likeness (QED) is 0.711. The van der Waals surface area contributed by atoms with E-state index < -0.39 is 17.7 Å². The van der Waals surface area contributed by atoms with Gasteiger partial charge in [0.15, 0.2) is 0 Å². The van der Waals surface area contributed by atoms with Crippen LogP contribution in [0.3, 0.4) is 0 Å². The molecule has 0 aliphatic heterocycles. The molecule has 0 heterocycles. The summed E-state index contributed by atoms with van der Waals surface area (Å²) in [6.45, 7) is 1.25. The zero-order chi connectivity index (χ0) is 11.5. The average Bonchev–Trinajstić information content (AvgIpc) is 2.43. The van der Waals surface area contributed by atoms with Crippen LogP contribution in [0.2, 0.25) is 0 Å². The van der Waals surface area contributed by atoms with E-state index in [0.717, 1.165) is 38.5 Å². The topological polar surface area (TPSA) is 63.3 Å². The van der Waals surface area contributed by atoms with Crippen molar-refractivity contribution in [1.82, 2.24) is 0 Å². The molecule has 2 atom stereocenters. The Balaban J connectivity index is 2.82. The number of halogens is 1. The molecule has 0 aromatic heterocycles. The molecule has 4 heteroatoms. The molecule has 2 unspecified atom stereocenters. The van der Waals surface area contributed by atoms with Crippen LogP contribution in [0.4, 0.5) is 4.39 Å². The molecule has 1 rings (SSSR count). The van der Waals surface area contributed by atoms with Gasteiger partial charge in [-0.3, -0.25) is 4.79 Å². The van der Waals surface area contributed by atoms with Crippen molar-refractivity contribution in [2.75, 3.05) is 0 Å². The van der Waals surface area contributed by atoms with Crippen LogP contribution in [-0.2, 0) is 4.79 Å². The number of aliphatic carboxylic acids is 1. The normalized spacial score (nSPS) is 25.3. The highest BCUT2D eigenvalue weighted by atomic mass is 19.1. The van der Waals surface area contributed by atoms with Gasteiger partial charge < -0.3 is 10.8 Å². The lowest BCUT2D eigenvalue weighted by atomic mass is 9.77. The number of carboxylic acid groups (broad SMARTS) is 1. The van der Waals surface area contributed by atoms with E-state index in [2.05, 4.69) is 0 Å². The summed E-state index contributed by atoms with van der Waals surface area (Å²) in [6, 6.07) is 0. The molecule has 3 nitrogen and oxygen atoms in total. The van der Waals surface area contributed by atoms with Crippen molar-refractivity contribution in [3.63, 3.8) is 0 Å². The highest BCUT2D eigenvalue weighted by Gasteiger charge is 2.47. The number of rotatable bonds is 3. The molecule has 0 aromatic rings. The Labute approximate surface area is 89.8 Å². The van der Waals surface area contributed by atoms with Crippen LogP contribution in [0.1, 0.15) is 45.4 Å².